The first-order valence-electron chi connectivity index (χ1n) is 10.9. The number of carboxylic acids is 1. The minimum absolute atomic E-state index is 0.0180. The number of hydrazone groups is 1. The molecule has 3 heterocycles. The molecule has 4 atom stereocenters. The second-order valence-electron chi connectivity index (χ2n) is 9.05. The van der Waals surface area contributed by atoms with Crippen LogP contribution >= 0.6 is 11.6 Å². The lowest BCUT2D eigenvalue weighted by atomic mass is 9.96. The number of rotatable bonds is 5. The van der Waals surface area contributed by atoms with Crippen LogP contribution in [0.2, 0.25) is 5.02 Å². The van der Waals surface area contributed by atoms with E-state index >= 15 is 0 Å². The third-order valence-corrected chi connectivity index (χ3v) is 9.92. The Balaban J connectivity index is 1.46. The monoisotopic (exact) mass is 542 g/mol. The first-order valence-corrected chi connectivity index (χ1v) is 12.8. The molecule has 3 aliphatic rings. The van der Waals surface area contributed by atoms with Gasteiger partial charge in [-0.15, -0.1) is 0 Å². The molecule has 3 fully saturated rings. The fourth-order valence-electron chi connectivity index (χ4n) is 4.78. The minimum atomic E-state index is -4.12. The number of amides is 3. The Hall–Kier alpha value is -3.39. The van der Waals surface area contributed by atoms with Gasteiger partial charge in [-0.05, 0) is 31.9 Å². The van der Waals surface area contributed by atoms with Gasteiger partial charge in [0.2, 0.25) is 11.8 Å². The molecule has 36 heavy (non-hydrogen) atoms. The summed E-state index contributed by atoms with van der Waals surface area (Å²) in [5, 5.41) is 31.0. The average Bonchev–Trinajstić information content (AvgIpc) is 2.97. The molecule has 0 aromatic heterocycles. The van der Waals surface area contributed by atoms with Gasteiger partial charge in [-0.3, -0.25) is 14.4 Å². The second-order valence-corrected chi connectivity index (χ2v) is 11.9. The summed E-state index contributed by atoms with van der Waals surface area (Å²) >= 11 is 5.98. The first kappa shape index (κ1) is 25.7. The maximum absolute atomic E-state index is 12.9. The first-order chi connectivity index (χ1) is 16.8. The predicted octanol–water partition coefficient (Wildman–Crippen LogP) is -0.0959. The lowest BCUT2D eigenvalue weighted by Crippen LogP contribution is -2.57. The highest BCUT2D eigenvalue weighted by atomic mass is 35.5. The van der Waals surface area contributed by atoms with Crippen molar-refractivity contribution in [3.8, 4) is 11.5 Å². The predicted molar refractivity (Wildman–Crippen MR) is 124 cm³/mol. The Bertz CT molecular complexity index is 1300. The van der Waals surface area contributed by atoms with Gasteiger partial charge in [0.15, 0.2) is 27.4 Å². The molecular weight excluding hydrogens is 520 g/mol. The summed E-state index contributed by atoms with van der Waals surface area (Å²) in [6.07, 6.45) is 1.38. The molecule has 0 spiro atoms. The number of carboxylic acid groups (broad SMARTS) is 1. The number of phenolic OH excluding ortho intramolecular Hbond substituents is 2. The Morgan fingerprint density at radius 3 is 2.61 bits per heavy atom. The van der Waals surface area contributed by atoms with Crippen LogP contribution in [0.4, 0.5) is 0 Å². The summed E-state index contributed by atoms with van der Waals surface area (Å²) < 4.78 is 23.7. The Morgan fingerprint density at radius 1 is 1.28 bits per heavy atom. The number of sulfone groups is 1. The van der Waals surface area contributed by atoms with E-state index in [0.29, 0.717) is 19.4 Å². The number of nitrogens with zero attached hydrogens (tertiary/aromatic N) is 3. The zero-order valence-electron chi connectivity index (χ0n) is 18.9. The zero-order chi connectivity index (χ0) is 26.6. The normalized spacial score (nSPS) is 29.1. The van der Waals surface area contributed by atoms with Crippen molar-refractivity contribution in [2.75, 3.05) is 13.1 Å². The number of aromatic hydroxyl groups is 2. The van der Waals surface area contributed by atoms with Crippen LogP contribution in [0.5, 0.6) is 11.5 Å². The molecule has 3 unspecified atom stereocenters. The number of β-lactam (4-membered cyclic amide) rings is 1. The number of nitrogens with one attached hydrogen (secondary N) is 1. The number of hydrogen-bond acceptors (Lipinski definition) is 9. The van der Waals surface area contributed by atoms with Crippen molar-refractivity contribution < 1.29 is 42.9 Å². The van der Waals surface area contributed by atoms with Gasteiger partial charge in [0, 0.05) is 19.3 Å². The molecule has 13 nitrogen and oxygen atoms in total. The van der Waals surface area contributed by atoms with E-state index in [4.69, 9.17) is 11.6 Å². The van der Waals surface area contributed by atoms with E-state index in [1.165, 1.54) is 11.0 Å². The molecule has 1 aromatic rings. The van der Waals surface area contributed by atoms with Crippen molar-refractivity contribution in [1.82, 2.24) is 15.2 Å². The molecular formula is C21H23ClN4O9S. The number of piperidine rings is 1. The molecule has 3 amide bonds. The van der Waals surface area contributed by atoms with E-state index in [1.54, 1.807) is 0 Å². The lowest BCUT2D eigenvalue weighted by molar-refractivity contribution is -0.156. The fourth-order valence-corrected chi connectivity index (χ4v) is 7.24. The smallest absolute Gasteiger partial charge is 0.328 e. The van der Waals surface area contributed by atoms with Gasteiger partial charge in [0.05, 0.1) is 22.9 Å². The highest BCUT2D eigenvalue weighted by Gasteiger charge is 2.69. The standard InChI is InChI=1S/C21H23ClN4O9S/c1-21(17(20(32)33)26-13(28)7-14(26)36(21,34)35)9-23-24-18(30)10-3-2-6-25(8-10)19(31)11-4-5-12(27)16(29)15(11)22/h4-5,9-10,14,17,27,29H,2-3,6-8H2,1H3,(H,24,30)(H,32,33)/b23-9+/t10?,14-,17?,21?/m1/s1. The third-order valence-electron chi connectivity index (χ3n) is 6.87. The number of carbonyl (C=O) groups excluding carboxylic acids is 3. The van der Waals surface area contributed by atoms with E-state index in [-0.39, 0.29) is 23.6 Å². The molecule has 0 saturated carbocycles. The van der Waals surface area contributed by atoms with Crippen LogP contribution in [0, 0.1) is 5.92 Å². The molecule has 0 bridgehead atoms. The van der Waals surface area contributed by atoms with Crippen molar-refractivity contribution in [2.45, 2.75) is 42.3 Å². The Kier molecular flexibility index (Phi) is 6.37. The van der Waals surface area contributed by atoms with E-state index in [1.807, 2.05) is 0 Å². The third kappa shape index (κ3) is 3.84. The maximum Gasteiger partial charge on any atom is 0.328 e. The van der Waals surface area contributed by atoms with Crippen molar-refractivity contribution >= 4 is 51.3 Å². The highest BCUT2D eigenvalue weighted by molar-refractivity contribution is 7.94. The van der Waals surface area contributed by atoms with Crippen LogP contribution in [0.25, 0.3) is 0 Å². The van der Waals surface area contributed by atoms with Crippen LogP contribution < -0.4 is 5.43 Å². The van der Waals surface area contributed by atoms with Gasteiger partial charge in [0.1, 0.15) is 10.1 Å². The van der Waals surface area contributed by atoms with Gasteiger partial charge in [-0.25, -0.2) is 18.6 Å². The number of aliphatic carboxylic acids is 1. The van der Waals surface area contributed by atoms with E-state index < -0.39 is 67.1 Å². The molecule has 4 N–H and O–H groups in total. The molecule has 194 valence electrons. The van der Waals surface area contributed by atoms with Gasteiger partial charge < -0.3 is 25.1 Å². The summed E-state index contributed by atoms with van der Waals surface area (Å²) in [4.78, 5) is 51.4. The number of phenols is 2. The number of likely N-dealkylation sites (tertiary alicyclic amines) is 1. The topological polar surface area (TPSA) is 194 Å². The van der Waals surface area contributed by atoms with Crippen LogP contribution in [0.3, 0.4) is 0 Å². The van der Waals surface area contributed by atoms with E-state index in [9.17, 15) is 42.9 Å². The number of hydrogen-bond donors (Lipinski definition) is 4. The number of carbonyl (C=O) groups is 4. The Morgan fingerprint density at radius 2 is 1.97 bits per heavy atom. The van der Waals surface area contributed by atoms with Crippen molar-refractivity contribution in [2.24, 2.45) is 11.0 Å². The summed E-state index contributed by atoms with van der Waals surface area (Å²) in [7, 11) is -4.12. The quantitative estimate of drug-likeness (QED) is 0.170. The van der Waals surface area contributed by atoms with Crippen LogP contribution in [0.1, 0.15) is 36.5 Å². The average molecular weight is 543 g/mol. The van der Waals surface area contributed by atoms with Crippen LogP contribution in [-0.4, -0.2) is 92.7 Å². The van der Waals surface area contributed by atoms with Gasteiger partial charge in [-0.2, -0.15) is 5.10 Å². The minimum Gasteiger partial charge on any atom is -0.504 e. The van der Waals surface area contributed by atoms with Gasteiger partial charge >= 0.3 is 5.97 Å². The summed E-state index contributed by atoms with van der Waals surface area (Å²) in [6.45, 7) is 1.43. The molecule has 0 aliphatic carbocycles. The van der Waals surface area contributed by atoms with E-state index in [2.05, 4.69) is 10.5 Å². The lowest BCUT2D eigenvalue weighted by Gasteiger charge is -2.35. The van der Waals surface area contributed by atoms with Crippen molar-refractivity contribution in [3.05, 3.63) is 22.7 Å². The fraction of sp³-hybridized carbons (Fsp3) is 0.476. The largest absolute Gasteiger partial charge is 0.504 e. The SMILES string of the molecule is CC1(/C=N/NC(=O)C2CCCN(C(=O)c3ccc(O)c(O)c3Cl)C2)C(C(=O)O)N2C(=O)C[C@H]2S1(=O)=O. The van der Waals surface area contributed by atoms with Gasteiger partial charge in [0.25, 0.3) is 5.91 Å². The van der Waals surface area contributed by atoms with Crippen LogP contribution in [-0.2, 0) is 24.2 Å². The molecule has 3 aliphatic heterocycles. The number of benzene rings is 1. The van der Waals surface area contributed by atoms with Crippen LogP contribution in [0.15, 0.2) is 17.2 Å². The second kappa shape index (κ2) is 8.92. The zero-order valence-corrected chi connectivity index (χ0v) is 20.5. The summed E-state index contributed by atoms with van der Waals surface area (Å²) in [5.41, 5.74) is 2.17. The summed E-state index contributed by atoms with van der Waals surface area (Å²) in [5.74, 6) is -5.10. The van der Waals surface area contributed by atoms with Gasteiger partial charge in [-0.1, -0.05) is 11.6 Å². The molecule has 15 heteroatoms. The van der Waals surface area contributed by atoms with Crippen molar-refractivity contribution in [3.63, 3.8) is 0 Å². The maximum atomic E-state index is 12.9. The van der Waals surface area contributed by atoms with E-state index in [0.717, 1.165) is 24.1 Å². The summed E-state index contributed by atoms with van der Waals surface area (Å²) in [6, 6.07) is 0.697. The number of fused-ring (bicyclic) bond motifs is 1. The molecule has 4 rings (SSSR count). The molecule has 1 aromatic carbocycles. The molecule has 3 saturated heterocycles. The highest BCUT2D eigenvalue weighted by Crippen LogP contribution is 2.45. The van der Waals surface area contributed by atoms with Crippen molar-refractivity contribution in [1.29, 1.82) is 0 Å². The number of halogens is 1. The molecule has 0 radical (unpaired) electrons. The Labute approximate surface area is 210 Å².